The highest BCUT2D eigenvalue weighted by Gasteiger charge is 2.33. The maximum atomic E-state index is 11.7. The molecule has 0 bridgehead atoms. The molecule has 1 atom stereocenters. The Labute approximate surface area is 74.1 Å². The molecule has 12 heavy (non-hydrogen) atoms. The van der Waals surface area contributed by atoms with Gasteiger partial charge in [-0.3, -0.25) is 10.2 Å². The predicted octanol–water partition coefficient (Wildman–Crippen LogP) is 0.668. The number of Topliss-reactive ketones (excluding diaryl/α,β-unsaturated/α-hetero) is 1. The number of nitrogens with zero attached hydrogens (tertiary/aromatic N) is 1. The minimum Gasteiger partial charge on any atom is -0.299 e. The van der Waals surface area contributed by atoms with Crippen molar-refractivity contribution in [3.05, 3.63) is 0 Å². The van der Waals surface area contributed by atoms with Gasteiger partial charge in [0, 0.05) is 31.5 Å². The van der Waals surface area contributed by atoms with E-state index < -0.39 is 0 Å². The third kappa shape index (κ3) is 2.05. The molecule has 0 saturated carbocycles. The molecule has 0 aromatic carbocycles. The summed E-state index contributed by atoms with van der Waals surface area (Å²) >= 11 is 0. The van der Waals surface area contributed by atoms with Crippen molar-refractivity contribution in [3.63, 3.8) is 0 Å². The molecule has 1 saturated heterocycles. The van der Waals surface area contributed by atoms with E-state index in [1.165, 1.54) is 0 Å². The Morgan fingerprint density at radius 2 is 2.08 bits per heavy atom. The normalized spacial score (nSPS) is 26.2. The maximum absolute atomic E-state index is 11.7. The summed E-state index contributed by atoms with van der Waals surface area (Å²) in [4.78, 5) is 11.7. The Balaban J connectivity index is 2.55. The Bertz CT molecular complexity index is 183. The van der Waals surface area contributed by atoms with Crippen molar-refractivity contribution >= 4 is 5.78 Å². The van der Waals surface area contributed by atoms with Gasteiger partial charge in [-0.25, -0.2) is 5.01 Å². The third-order valence-electron chi connectivity index (χ3n) is 2.21. The second kappa shape index (κ2) is 3.15. The first kappa shape index (κ1) is 9.68. The number of carbonyl (C=O) groups excluding carboxylic acids is 1. The van der Waals surface area contributed by atoms with Crippen molar-refractivity contribution in [3.8, 4) is 0 Å². The predicted molar refractivity (Wildman–Crippen MR) is 48.6 cm³/mol. The first-order chi connectivity index (χ1) is 5.41. The molecule has 1 heterocycles. The second-order valence-corrected chi connectivity index (χ2v) is 4.55. The van der Waals surface area contributed by atoms with Gasteiger partial charge in [-0.2, -0.15) is 0 Å². The van der Waals surface area contributed by atoms with Crippen LogP contribution in [-0.2, 0) is 4.79 Å². The van der Waals surface area contributed by atoms with E-state index >= 15 is 0 Å². The Hall–Kier alpha value is -0.410. The van der Waals surface area contributed by atoms with Crippen LogP contribution in [0.1, 0.15) is 20.8 Å². The lowest BCUT2D eigenvalue weighted by Gasteiger charge is -2.20. The van der Waals surface area contributed by atoms with Crippen molar-refractivity contribution in [2.75, 3.05) is 20.1 Å². The van der Waals surface area contributed by atoms with E-state index in [2.05, 4.69) is 5.43 Å². The highest BCUT2D eigenvalue weighted by Crippen LogP contribution is 2.21. The number of nitrogens with one attached hydrogen (secondary N) is 1. The summed E-state index contributed by atoms with van der Waals surface area (Å²) < 4.78 is 0. The van der Waals surface area contributed by atoms with E-state index in [-0.39, 0.29) is 11.3 Å². The lowest BCUT2D eigenvalue weighted by Crippen LogP contribution is -2.31. The molecule has 0 aromatic rings. The zero-order valence-electron chi connectivity index (χ0n) is 8.35. The van der Waals surface area contributed by atoms with Crippen LogP contribution in [0.4, 0.5) is 0 Å². The van der Waals surface area contributed by atoms with Crippen LogP contribution >= 0.6 is 0 Å². The minimum absolute atomic E-state index is 0.176. The van der Waals surface area contributed by atoms with E-state index in [0.717, 1.165) is 13.1 Å². The zero-order chi connectivity index (χ0) is 9.35. The number of hydrogen-bond donors (Lipinski definition) is 1. The topological polar surface area (TPSA) is 32.3 Å². The summed E-state index contributed by atoms with van der Waals surface area (Å²) in [5.41, 5.74) is 2.94. The van der Waals surface area contributed by atoms with Crippen LogP contribution in [0.2, 0.25) is 0 Å². The van der Waals surface area contributed by atoms with E-state index in [4.69, 9.17) is 0 Å². The number of carbonyl (C=O) groups is 1. The average Bonchev–Trinajstić information content (AvgIpc) is 2.32. The standard InChI is InChI=1S/C9H18N2O/c1-9(2,3)8(12)7-5-10-11(4)6-7/h7,10H,5-6H2,1-4H3. The summed E-state index contributed by atoms with van der Waals surface area (Å²) in [5.74, 6) is 0.536. The molecule has 0 radical (unpaired) electrons. The number of hydrazine groups is 1. The first-order valence-electron chi connectivity index (χ1n) is 4.40. The van der Waals surface area contributed by atoms with Crippen LogP contribution < -0.4 is 5.43 Å². The molecule has 1 unspecified atom stereocenters. The largest absolute Gasteiger partial charge is 0.299 e. The molecule has 0 spiro atoms. The molecule has 3 heteroatoms. The van der Waals surface area contributed by atoms with Crippen molar-refractivity contribution in [1.29, 1.82) is 0 Å². The Morgan fingerprint density at radius 3 is 2.42 bits per heavy atom. The monoisotopic (exact) mass is 170 g/mol. The van der Waals surface area contributed by atoms with Crippen molar-refractivity contribution in [2.45, 2.75) is 20.8 Å². The van der Waals surface area contributed by atoms with E-state index in [0.29, 0.717) is 5.78 Å². The van der Waals surface area contributed by atoms with Gasteiger partial charge in [0.2, 0.25) is 0 Å². The molecule has 0 aromatic heterocycles. The van der Waals surface area contributed by atoms with Gasteiger partial charge in [0.15, 0.2) is 0 Å². The molecular weight excluding hydrogens is 152 g/mol. The summed E-state index contributed by atoms with van der Waals surface area (Å²) in [7, 11) is 1.97. The fraction of sp³-hybridized carbons (Fsp3) is 0.889. The minimum atomic E-state index is -0.197. The van der Waals surface area contributed by atoms with Crippen LogP contribution in [0.25, 0.3) is 0 Å². The smallest absolute Gasteiger partial charge is 0.143 e. The van der Waals surface area contributed by atoms with Gasteiger partial charge in [0.1, 0.15) is 5.78 Å². The van der Waals surface area contributed by atoms with Crippen molar-refractivity contribution in [1.82, 2.24) is 10.4 Å². The molecule has 3 nitrogen and oxygen atoms in total. The van der Waals surface area contributed by atoms with Gasteiger partial charge in [0.05, 0.1) is 0 Å². The highest BCUT2D eigenvalue weighted by molar-refractivity contribution is 5.86. The number of ketones is 1. The average molecular weight is 170 g/mol. The van der Waals surface area contributed by atoms with Gasteiger partial charge in [0.25, 0.3) is 0 Å². The van der Waals surface area contributed by atoms with Crippen LogP contribution in [-0.4, -0.2) is 30.9 Å². The van der Waals surface area contributed by atoms with Crippen molar-refractivity contribution in [2.24, 2.45) is 11.3 Å². The van der Waals surface area contributed by atoms with Crippen LogP contribution in [0.5, 0.6) is 0 Å². The molecule has 1 rings (SSSR count). The van der Waals surface area contributed by atoms with Crippen LogP contribution in [0, 0.1) is 11.3 Å². The third-order valence-corrected chi connectivity index (χ3v) is 2.21. The number of hydrogen-bond acceptors (Lipinski definition) is 3. The SMILES string of the molecule is CN1CC(C(=O)C(C)(C)C)CN1. The Kier molecular flexibility index (Phi) is 2.54. The highest BCUT2D eigenvalue weighted by atomic mass is 16.1. The summed E-state index contributed by atoms with van der Waals surface area (Å²) in [5, 5.41) is 1.98. The fourth-order valence-corrected chi connectivity index (χ4v) is 1.51. The lowest BCUT2D eigenvalue weighted by molar-refractivity contribution is -0.129. The zero-order valence-corrected chi connectivity index (χ0v) is 8.35. The van der Waals surface area contributed by atoms with Gasteiger partial charge >= 0.3 is 0 Å². The summed E-state index contributed by atoms with van der Waals surface area (Å²) in [6.07, 6.45) is 0. The maximum Gasteiger partial charge on any atom is 0.143 e. The van der Waals surface area contributed by atoms with E-state index in [9.17, 15) is 4.79 Å². The van der Waals surface area contributed by atoms with Gasteiger partial charge in [-0.05, 0) is 0 Å². The summed E-state index contributed by atoms with van der Waals surface area (Å²) in [6, 6.07) is 0. The first-order valence-corrected chi connectivity index (χ1v) is 4.40. The van der Waals surface area contributed by atoms with E-state index in [1.54, 1.807) is 0 Å². The van der Waals surface area contributed by atoms with Crippen molar-refractivity contribution < 1.29 is 4.79 Å². The Morgan fingerprint density at radius 1 is 1.50 bits per heavy atom. The molecule has 0 amide bonds. The van der Waals surface area contributed by atoms with E-state index in [1.807, 2.05) is 32.8 Å². The van der Waals surface area contributed by atoms with Gasteiger partial charge < -0.3 is 0 Å². The molecule has 1 N–H and O–H groups in total. The molecule has 1 aliphatic rings. The summed E-state index contributed by atoms with van der Waals surface area (Å²) in [6.45, 7) is 7.58. The van der Waals surface area contributed by atoms with Crippen LogP contribution in [0.3, 0.4) is 0 Å². The molecule has 1 fully saturated rings. The fourth-order valence-electron chi connectivity index (χ4n) is 1.51. The lowest BCUT2D eigenvalue weighted by atomic mass is 9.83. The van der Waals surface area contributed by atoms with Gasteiger partial charge in [-0.1, -0.05) is 20.8 Å². The number of rotatable bonds is 1. The quantitative estimate of drug-likeness (QED) is 0.627. The molecule has 0 aliphatic carbocycles. The van der Waals surface area contributed by atoms with Crippen LogP contribution in [0.15, 0.2) is 0 Å². The molecule has 70 valence electrons. The molecular formula is C9H18N2O. The second-order valence-electron chi connectivity index (χ2n) is 4.55. The molecule has 1 aliphatic heterocycles. The van der Waals surface area contributed by atoms with Gasteiger partial charge in [-0.15, -0.1) is 0 Å².